The Morgan fingerprint density at radius 2 is 0.712 bits per heavy atom. The molecule has 4 heterocycles. The van der Waals surface area contributed by atoms with Crippen LogP contribution < -0.4 is 0 Å². The molecule has 3 nitrogen and oxygen atoms in total. The number of para-hydroxylation sites is 4. The molecular weight excluding hydrogens is 799 g/mol. The quantitative estimate of drug-likeness (QED) is 0.168. The molecule has 4 aromatic heterocycles. The molecule has 0 fully saturated rings. The Labute approximate surface area is 381 Å². The van der Waals surface area contributed by atoms with Gasteiger partial charge in [-0.15, -0.1) is 0 Å². The molecule has 0 spiro atoms. The number of aromatic nitrogens is 3. The van der Waals surface area contributed by atoms with E-state index in [0.717, 1.165) is 0 Å². The summed E-state index contributed by atoms with van der Waals surface area (Å²) in [7, 11) is 0. The van der Waals surface area contributed by atoms with Crippen LogP contribution in [0.3, 0.4) is 0 Å². The third-order valence-corrected chi connectivity index (χ3v) is 15.2. The summed E-state index contributed by atoms with van der Waals surface area (Å²) >= 11 is 0. The van der Waals surface area contributed by atoms with Crippen molar-refractivity contribution in [3.05, 3.63) is 223 Å². The average molecular weight is 840 g/mol. The zero-order chi connectivity index (χ0) is 43.4. The maximum Gasteiger partial charge on any atom is 0.0622 e. The molecule has 1 aliphatic carbocycles. The second-order valence-electron chi connectivity index (χ2n) is 18.9. The molecule has 0 N–H and O–H groups in total. The van der Waals surface area contributed by atoms with E-state index >= 15 is 0 Å². The largest absolute Gasteiger partial charge is 0.309 e. The number of rotatable bonds is 4. The minimum Gasteiger partial charge on any atom is -0.309 e. The summed E-state index contributed by atoms with van der Waals surface area (Å²) < 4.78 is 7.38. The van der Waals surface area contributed by atoms with Crippen LogP contribution in [0.2, 0.25) is 0 Å². The molecule has 15 rings (SSSR count). The predicted octanol–water partition coefficient (Wildman–Crippen LogP) is 16.7. The first-order chi connectivity index (χ1) is 32.5. The van der Waals surface area contributed by atoms with Crippen LogP contribution in [0.15, 0.2) is 212 Å². The Hall–Kier alpha value is -8.40. The number of fused-ring (bicyclic) bond motifs is 15. The first-order valence-electron chi connectivity index (χ1n) is 23.1. The van der Waals surface area contributed by atoms with Crippen molar-refractivity contribution in [2.45, 2.75) is 19.3 Å². The van der Waals surface area contributed by atoms with Gasteiger partial charge in [0.05, 0.1) is 38.6 Å². The van der Waals surface area contributed by atoms with Crippen LogP contribution in [0.5, 0.6) is 0 Å². The van der Waals surface area contributed by atoms with Crippen molar-refractivity contribution in [3.8, 4) is 44.8 Å². The molecule has 0 amide bonds. The second-order valence-corrected chi connectivity index (χ2v) is 18.9. The summed E-state index contributed by atoms with van der Waals surface area (Å²) in [5, 5.41) is 10.2. The molecule has 0 radical (unpaired) electrons. The maximum absolute atomic E-state index is 2.47. The molecule has 66 heavy (non-hydrogen) atoms. The van der Waals surface area contributed by atoms with Crippen molar-refractivity contribution in [1.29, 1.82) is 0 Å². The smallest absolute Gasteiger partial charge is 0.0622 e. The molecule has 10 aromatic carbocycles. The summed E-state index contributed by atoms with van der Waals surface area (Å²) in [6.07, 6.45) is 0. The minimum atomic E-state index is -0.0617. The van der Waals surface area contributed by atoms with Gasteiger partial charge in [0, 0.05) is 59.9 Å². The summed E-state index contributed by atoms with van der Waals surface area (Å²) in [5.74, 6) is 0. The lowest BCUT2D eigenvalue weighted by atomic mass is 9.82. The van der Waals surface area contributed by atoms with Gasteiger partial charge in [-0.25, -0.2) is 0 Å². The van der Waals surface area contributed by atoms with Gasteiger partial charge in [-0.05, 0) is 117 Å². The maximum atomic E-state index is 2.47. The summed E-state index contributed by atoms with van der Waals surface area (Å²) in [4.78, 5) is 0. The van der Waals surface area contributed by atoms with Crippen molar-refractivity contribution in [2.75, 3.05) is 0 Å². The van der Waals surface area contributed by atoms with E-state index in [9.17, 15) is 0 Å². The number of hydrogen-bond acceptors (Lipinski definition) is 0. The van der Waals surface area contributed by atoms with Gasteiger partial charge in [-0.2, -0.15) is 0 Å². The Morgan fingerprint density at radius 1 is 0.288 bits per heavy atom. The standard InChI is InChI=1S/C63H41N3/c1-63(2)54-18-8-3-13-44(54)45-30-29-42(37-55(45)63)64-56-19-9-4-14-46(56)50-33-40(27-31-60(50)64)38-23-25-39(26-24-38)41-28-32-61-51(34-41)47-15-5-10-20-57(47)65(61)43-35-52-48-16-6-11-21-58(48)66-59-22-12-7-17-49(59)53(36-43)62(52)66/h3-37H,1-2H3. The second kappa shape index (κ2) is 12.9. The molecule has 3 heteroatoms. The highest BCUT2D eigenvalue weighted by Gasteiger charge is 2.35. The first kappa shape index (κ1) is 36.0. The van der Waals surface area contributed by atoms with Gasteiger partial charge in [0.15, 0.2) is 0 Å². The van der Waals surface area contributed by atoms with Crippen LogP contribution in [-0.2, 0) is 5.41 Å². The molecule has 0 saturated carbocycles. The highest BCUT2D eigenvalue weighted by atomic mass is 15.0. The van der Waals surface area contributed by atoms with Gasteiger partial charge >= 0.3 is 0 Å². The lowest BCUT2D eigenvalue weighted by molar-refractivity contribution is 0.660. The van der Waals surface area contributed by atoms with E-state index in [1.165, 1.54) is 138 Å². The van der Waals surface area contributed by atoms with E-state index < -0.39 is 0 Å². The molecule has 1 aliphatic rings. The summed E-state index contributed by atoms with van der Waals surface area (Å²) in [5.41, 5.74) is 21.3. The van der Waals surface area contributed by atoms with E-state index in [4.69, 9.17) is 0 Å². The van der Waals surface area contributed by atoms with Crippen LogP contribution >= 0.6 is 0 Å². The van der Waals surface area contributed by atoms with Gasteiger partial charge in [0.2, 0.25) is 0 Å². The molecule has 0 unspecified atom stereocenters. The Balaban J connectivity index is 0.821. The summed E-state index contributed by atoms with van der Waals surface area (Å²) in [6.45, 7) is 4.72. The molecule has 0 bridgehead atoms. The SMILES string of the molecule is CC1(C)c2ccccc2-c2ccc(-n3c4ccccc4c4cc(-c5ccc(-c6ccc7c(c6)c6ccccc6n7-c6cc7c8ccccc8n8c9ccccc9c(c6)c78)cc5)ccc43)cc21. The zero-order valence-corrected chi connectivity index (χ0v) is 36.5. The van der Waals surface area contributed by atoms with Gasteiger partial charge in [0.25, 0.3) is 0 Å². The van der Waals surface area contributed by atoms with Crippen molar-refractivity contribution in [2.24, 2.45) is 0 Å². The van der Waals surface area contributed by atoms with Gasteiger partial charge in [0.1, 0.15) is 0 Å². The highest BCUT2D eigenvalue weighted by Crippen LogP contribution is 2.50. The molecule has 0 atom stereocenters. The average Bonchev–Trinajstić information content (AvgIpc) is 4.14. The van der Waals surface area contributed by atoms with Crippen LogP contribution in [0.4, 0.5) is 0 Å². The number of nitrogens with zero attached hydrogens (tertiary/aromatic N) is 3. The van der Waals surface area contributed by atoms with Crippen LogP contribution in [0, 0.1) is 0 Å². The fourth-order valence-electron chi connectivity index (χ4n) is 12.1. The van der Waals surface area contributed by atoms with E-state index in [2.05, 4.69) is 240 Å². The van der Waals surface area contributed by atoms with Gasteiger partial charge in [-0.3, -0.25) is 0 Å². The van der Waals surface area contributed by atoms with E-state index in [1.54, 1.807) is 0 Å². The minimum absolute atomic E-state index is 0.0617. The zero-order valence-electron chi connectivity index (χ0n) is 36.5. The summed E-state index contributed by atoms with van der Waals surface area (Å²) in [6, 6.07) is 79.3. The van der Waals surface area contributed by atoms with E-state index in [0.29, 0.717) is 0 Å². The van der Waals surface area contributed by atoms with Crippen LogP contribution in [-0.4, -0.2) is 13.5 Å². The van der Waals surface area contributed by atoms with Crippen LogP contribution in [0.25, 0.3) is 126 Å². The van der Waals surface area contributed by atoms with Crippen molar-refractivity contribution in [1.82, 2.24) is 13.5 Å². The van der Waals surface area contributed by atoms with Crippen molar-refractivity contribution < 1.29 is 0 Å². The van der Waals surface area contributed by atoms with Gasteiger partial charge < -0.3 is 13.5 Å². The van der Waals surface area contributed by atoms with Crippen LogP contribution in [0.1, 0.15) is 25.0 Å². The van der Waals surface area contributed by atoms with E-state index in [-0.39, 0.29) is 5.41 Å². The lowest BCUT2D eigenvalue weighted by Gasteiger charge is -2.22. The number of hydrogen-bond donors (Lipinski definition) is 0. The molecule has 0 saturated heterocycles. The van der Waals surface area contributed by atoms with E-state index in [1.807, 2.05) is 0 Å². The topological polar surface area (TPSA) is 14.3 Å². The predicted molar refractivity (Wildman–Crippen MR) is 278 cm³/mol. The van der Waals surface area contributed by atoms with Crippen molar-refractivity contribution >= 4 is 81.7 Å². The first-order valence-corrected chi connectivity index (χ1v) is 23.1. The normalized spacial score (nSPS) is 13.4. The Bertz CT molecular complexity index is 4280. The molecular formula is C63H41N3. The van der Waals surface area contributed by atoms with Crippen molar-refractivity contribution in [3.63, 3.8) is 0 Å². The highest BCUT2D eigenvalue weighted by molar-refractivity contribution is 6.24. The monoisotopic (exact) mass is 839 g/mol. The molecule has 0 aliphatic heterocycles. The third-order valence-electron chi connectivity index (χ3n) is 15.2. The Morgan fingerprint density at radius 3 is 1.27 bits per heavy atom. The van der Waals surface area contributed by atoms with Gasteiger partial charge in [-0.1, -0.05) is 153 Å². The Kier molecular flexibility index (Phi) is 7.02. The molecule has 308 valence electrons. The number of benzene rings is 10. The fourth-order valence-corrected chi connectivity index (χ4v) is 12.1. The third kappa shape index (κ3) is 4.71. The lowest BCUT2D eigenvalue weighted by Crippen LogP contribution is -2.15. The molecule has 14 aromatic rings. The fraction of sp³-hybridized carbons (Fsp3) is 0.0476.